The molecule has 3 aromatic rings. The molecular formula is C24H21F2N3O4SSe. The molecule has 7 nitrogen and oxygen atoms in total. The van der Waals surface area contributed by atoms with Crippen molar-refractivity contribution in [2.75, 3.05) is 25.2 Å². The molecule has 0 spiro atoms. The molecule has 1 saturated heterocycles. The second-order valence-corrected chi connectivity index (χ2v) is 10.4. The molecule has 1 amide bonds. The van der Waals surface area contributed by atoms with Crippen LogP contribution in [0, 0.1) is 11.6 Å². The van der Waals surface area contributed by atoms with Crippen LogP contribution in [0.15, 0.2) is 53.5 Å². The standard InChI is InChI=1S/C14H10F2Se.C10H11N3O4S/c15-12-6-5-9-7-10-3-1-2-4-13(10)17-8-11(9)14(12)16;14-6-1-2-13-8(9(6)17-18)10(15)12-3-4-16-5-7(12)11-13/h1-6H,7-8H2;1-2,7,11,18H,3-5H2. The molecule has 3 aliphatic heterocycles. The first-order chi connectivity index (χ1) is 17.0. The second-order valence-electron chi connectivity index (χ2n) is 8.11. The number of benzene rings is 2. The first kappa shape index (κ1) is 23.9. The van der Waals surface area contributed by atoms with Gasteiger partial charge in [0, 0.05) is 31.7 Å². The molecule has 1 aromatic heterocycles. The number of hydrogen-bond donors (Lipinski definition) is 2. The van der Waals surface area contributed by atoms with E-state index in [1.807, 2.05) is 12.1 Å². The zero-order valence-corrected chi connectivity index (χ0v) is 21.0. The van der Waals surface area contributed by atoms with E-state index in [1.54, 1.807) is 11.0 Å². The fourth-order valence-electron chi connectivity index (χ4n) is 4.26. The average molecular weight is 564 g/mol. The molecule has 0 bridgehead atoms. The first-order valence-electron chi connectivity index (χ1n) is 10.9. The van der Waals surface area contributed by atoms with Crippen LogP contribution in [0.4, 0.5) is 8.78 Å². The minimum atomic E-state index is -0.731. The maximum absolute atomic E-state index is 13.7. The number of amides is 1. The van der Waals surface area contributed by atoms with Crippen molar-refractivity contribution in [3.05, 3.63) is 92.9 Å². The number of nitrogens with zero attached hydrogens (tertiary/aromatic N) is 2. The summed E-state index contributed by atoms with van der Waals surface area (Å²) in [5.74, 6) is -1.71. The summed E-state index contributed by atoms with van der Waals surface area (Å²) in [6.45, 7) is 1.37. The van der Waals surface area contributed by atoms with Crippen LogP contribution in [0.25, 0.3) is 0 Å². The minimum Gasteiger partial charge on any atom is -0.422 e. The number of ether oxygens (including phenoxy) is 1. The van der Waals surface area contributed by atoms with Gasteiger partial charge >= 0.3 is 105 Å². The number of aromatic nitrogens is 1. The van der Waals surface area contributed by atoms with Gasteiger partial charge in [0.25, 0.3) is 5.91 Å². The average Bonchev–Trinajstić information content (AvgIpc) is 3.07. The molecule has 1 atom stereocenters. The number of thiol groups is 1. The van der Waals surface area contributed by atoms with Crippen LogP contribution in [-0.2, 0) is 16.5 Å². The molecule has 11 heteroatoms. The van der Waals surface area contributed by atoms with Crippen molar-refractivity contribution in [2.45, 2.75) is 17.9 Å². The van der Waals surface area contributed by atoms with Gasteiger partial charge in [-0.2, -0.15) is 0 Å². The van der Waals surface area contributed by atoms with E-state index >= 15 is 0 Å². The van der Waals surface area contributed by atoms with Gasteiger partial charge in [0.15, 0.2) is 5.69 Å². The van der Waals surface area contributed by atoms with Crippen LogP contribution in [0.2, 0.25) is 0 Å². The summed E-state index contributed by atoms with van der Waals surface area (Å²) in [5, 5.41) is 0.642. The summed E-state index contributed by atoms with van der Waals surface area (Å²) in [4.78, 5) is 25.6. The molecular weight excluding hydrogens is 543 g/mol. The summed E-state index contributed by atoms with van der Waals surface area (Å²) < 4.78 is 39.7. The SMILES string of the molecule is Fc1ccc2c(c1F)C[Se]c1ccccc1C2.O=C1c2c(OS)c(=O)ccn2NC2COCCN12. The molecule has 2 aromatic carbocycles. The van der Waals surface area contributed by atoms with E-state index in [-0.39, 0.29) is 43.9 Å². The predicted octanol–water partition coefficient (Wildman–Crippen LogP) is 1.83. The second kappa shape index (κ2) is 10.0. The van der Waals surface area contributed by atoms with Gasteiger partial charge < -0.3 is 19.2 Å². The molecule has 35 heavy (non-hydrogen) atoms. The largest absolute Gasteiger partial charge is 0.422 e. The van der Waals surface area contributed by atoms with Gasteiger partial charge in [0.2, 0.25) is 11.2 Å². The molecule has 1 N–H and O–H groups in total. The Hall–Kier alpha value is -2.85. The van der Waals surface area contributed by atoms with Gasteiger partial charge in [0.05, 0.1) is 13.2 Å². The van der Waals surface area contributed by atoms with E-state index in [4.69, 9.17) is 8.92 Å². The molecule has 0 saturated carbocycles. The van der Waals surface area contributed by atoms with Crippen molar-refractivity contribution in [1.29, 1.82) is 0 Å². The Kier molecular flexibility index (Phi) is 6.84. The molecule has 3 aliphatic rings. The number of halogens is 2. The predicted molar refractivity (Wildman–Crippen MR) is 130 cm³/mol. The van der Waals surface area contributed by atoms with Crippen LogP contribution in [0.1, 0.15) is 27.2 Å². The van der Waals surface area contributed by atoms with E-state index in [0.29, 0.717) is 37.1 Å². The number of carbonyl (C=O) groups excluding carboxylic acids is 1. The summed E-state index contributed by atoms with van der Waals surface area (Å²) in [5.41, 5.74) is 5.61. The van der Waals surface area contributed by atoms with Gasteiger partial charge in [0.1, 0.15) is 6.17 Å². The Morgan fingerprint density at radius 1 is 1.11 bits per heavy atom. The zero-order chi connectivity index (χ0) is 24.5. The number of nitrogens with one attached hydrogen (secondary N) is 1. The monoisotopic (exact) mass is 565 g/mol. The van der Waals surface area contributed by atoms with Gasteiger partial charge in [-0.25, -0.2) is 0 Å². The molecule has 6 rings (SSSR count). The Labute approximate surface area is 211 Å². The van der Waals surface area contributed by atoms with Crippen molar-refractivity contribution in [3.8, 4) is 5.75 Å². The van der Waals surface area contributed by atoms with Crippen molar-refractivity contribution in [1.82, 2.24) is 9.58 Å². The van der Waals surface area contributed by atoms with Gasteiger partial charge in [-0.05, 0) is 0 Å². The molecule has 4 heterocycles. The fourth-order valence-corrected chi connectivity index (χ4v) is 6.78. The number of fused-ring (bicyclic) bond motifs is 4. The van der Waals surface area contributed by atoms with Gasteiger partial charge in [-0.3, -0.25) is 14.3 Å². The third-order valence-electron chi connectivity index (χ3n) is 6.04. The van der Waals surface area contributed by atoms with E-state index in [1.165, 1.54) is 33.0 Å². The van der Waals surface area contributed by atoms with Crippen LogP contribution in [0.5, 0.6) is 5.75 Å². The topological polar surface area (TPSA) is 72.8 Å². The van der Waals surface area contributed by atoms with E-state index in [0.717, 1.165) is 5.56 Å². The first-order valence-corrected chi connectivity index (χ1v) is 13.3. The normalized spacial score (nSPS) is 18.0. The molecule has 182 valence electrons. The van der Waals surface area contributed by atoms with Crippen molar-refractivity contribution < 1.29 is 22.5 Å². The Morgan fingerprint density at radius 2 is 1.94 bits per heavy atom. The smallest absolute Gasteiger partial charge is 0.278 e. The quantitative estimate of drug-likeness (QED) is 0.268. The fraction of sp³-hybridized carbons (Fsp3) is 0.250. The summed E-state index contributed by atoms with van der Waals surface area (Å²) in [6, 6.07) is 12.4. The number of rotatable bonds is 1. The van der Waals surface area contributed by atoms with Crippen LogP contribution in [0.3, 0.4) is 0 Å². The summed E-state index contributed by atoms with van der Waals surface area (Å²) in [6.07, 6.45) is 1.98. The van der Waals surface area contributed by atoms with Crippen LogP contribution < -0.4 is 19.5 Å². The van der Waals surface area contributed by atoms with Crippen molar-refractivity contribution in [2.24, 2.45) is 0 Å². The summed E-state index contributed by atoms with van der Waals surface area (Å²) in [7, 11) is 0. The van der Waals surface area contributed by atoms with Crippen molar-refractivity contribution >= 4 is 38.2 Å². The third-order valence-corrected chi connectivity index (χ3v) is 8.62. The number of carbonyl (C=O) groups is 1. The van der Waals surface area contributed by atoms with E-state index < -0.39 is 11.6 Å². The number of pyridine rings is 1. The molecule has 1 unspecified atom stereocenters. The Balaban J connectivity index is 0.000000145. The van der Waals surface area contributed by atoms with Crippen LogP contribution >= 0.6 is 12.9 Å². The third kappa shape index (κ3) is 4.56. The van der Waals surface area contributed by atoms with Crippen LogP contribution in [-0.4, -0.2) is 56.4 Å². The number of morpholine rings is 1. The zero-order valence-electron chi connectivity index (χ0n) is 18.4. The van der Waals surface area contributed by atoms with Crippen molar-refractivity contribution in [3.63, 3.8) is 0 Å². The van der Waals surface area contributed by atoms with E-state index in [9.17, 15) is 18.4 Å². The maximum Gasteiger partial charge on any atom is 0.278 e. The van der Waals surface area contributed by atoms with E-state index in [2.05, 4.69) is 30.5 Å². The Bertz CT molecular complexity index is 1350. The van der Waals surface area contributed by atoms with Gasteiger partial charge in [-0.15, -0.1) is 0 Å². The Morgan fingerprint density at radius 3 is 2.77 bits per heavy atom. The molecule has 0 aliphatic carbocycles. The molecule has 0 radical (unpaired) electrons. The minimum absolute atomic E-state index is 0.0664. The number of hydrogen-bond acceptors (Lipinski definition) is 6. The molecule has 1 fully saturated rings. The van der Waals surface area contributed by atoms with Gasteiger partial charge in [-0.1, -0.05) is 0 Å². The summed E-state index contributed by atoms with van der Waals surface area (Å²) >= 11 is 3.83. The maximum atomic E-state index is 13.7.